The highest BCUT2D eigenvalue weighted by Gasteiger charge is 2.24. The summed E-state index contributed by atoms with van der Waals surface area (Å²) in [6, 6.07) is 12.4. The van der Waals surface area contributed by atoms with E-state index in [0.717, 1.165) is 5.56 Å². The van der Waals surface area contributed by atoms with Gasteiger partial charge in [-0.15, -0.1) is 0 Å². The van der Waals surface area contributed by atoms with Crippen molar-refractivity contribution in [3.05, 3.63) is 59.1 Å². The van der Waals surface area contributed by atoms with E-state index < -0.39 is 0 Å². The first-order chi connectivity index (χ1) is 12.1. The number of likely N-dealkylation sites (N-methyl/N-ethyl adjacent to an activating group) is 1. The summed E-state index contributed by atoms with van der Waals surface area (Å²) in [5, 5.41) is 3.43. The number of nitrogens with one attached hydrogen (secondary N) is 1. The van der Waals surface area contributed by atoms with Crippen molar-refractivity contribution in [3.63, 3.8) is 0 Å². The molecule has 25 heavy (non-hydrogen) atoms. The third kappa shape index (κ3) is 4.00. The van der Waals surface area contributed by atoms with Gasteiger partial charge >= 0.3 is 0 Å². The second-order valence-corrected chi connectivity index (χ2v) is 5.92. The Labute approximate surface area is 150 Å². The molecule has 1 aliphatic rings. The van der Waals surface area contributed by atoms with Crippen molar-refractivity contribution >= 4 is 40.9 Å². The average Bonchev–Trinajstić information content (AvgIpc) is 2.61. The van der Waals surface area contributed by atoms with Crippen LogP contribution in [0.5, 0.6) is 5.75 Å². The van der Waals surface area contributed by atoms with Crippen LogP contribution in [0.2, 0.25) is 5.02 Å². The Morgan fingerprint density at radius 1 is 1.28 bits per heavy atom. The van der Waals surface area contributed by atoms with Gasteiger partial charge in [-0.25, -0.2) is 0 Å². The number of carbonyl (C=O) groups is 2. The van der Waals surface area contributed by atoms with Gasteiger partial charge in [0.05, 0.1) is 5.69 Å². The number of amides is 2. The molecule has 0 spiro atoms. The van der Waals surface area contributed by atoms with Gasteiger partial charge in [0, 0.05) is 29.4 Å². The van der Waals surface area contributed by atoms with Crippen molar-refractivity contribution in [2.45, 2.75) is 6.92 Å². The molecule has 1 N–H and O–H groups in total. The number of rotatable bonds is 4. The lowest BCUT2D eigenvalue weighted by atomic mass is 10.2. The number of ether oxygens (including phenoxy) is 1. The van der Waals surface area contributed by atoms with Gasteiger partial charge in [0.25, 0.3) is 5.91 Å². The van der Waals surface area contributed by atoms with Gasteiger partial charge in [-0.2, -0.15) is 0 Å². The fourth-order valence-corrected chi connectivity index (χ4v) is 2.68. The summed E-state index contributed by atoms with van der Waals surface area (Å²) in [4.78, 5) is 25.5. The molecule has 0 fully saturated rings. The van der Waals surface area contributed by atoms with Crippen molar-refractivity contribution < 1.29 is 14.3 Å². The summed E-state index contributed by atoms with van der Waals surface area (Å²) < 4.78 is 5.46. The number of fused-ring (bicyclic) bond motifs is 1. The first kappa shape index (κ1) is 17.0. The highest BCUT2D eigenvalue weighted by atomic mass is 35.5. The molecule has 128 valence electrons. The SMILES string of the molecule is CCN1C(=O)COc2cc(NC(=O)/C=C/c3ccc(Cl)cc3)ccc21. The molecule has 1 aliphatic heterocycles. The molecule has 0 saturated carbocycles. The molecule has 2 aromatic rings. The molecular formula is C19H17ClN2O3. The number of benzene rings is 2. The van der Waals surface area contributed by atoms with Gasteiger partial charge in [0.2, 0.25) is 5.91 Å². The summed E-state index contributed by atoms with van der Waals surface area (Å²) in [5.74, 6) is 0.257. The van der Waals surface area contributed by atoms with Crippen LogP contribution in [0.3, 0.4) is 0 Å². The Morgan fingerprint density at radius 2 is 2.04 bits per heavy atom. The molecule has 3 rings (SSSR count). The zero-order chi connectivity index (χ0) is 17.8. The number of anilines is 2. The summed E-state index contributed by atoms with van der Waals surface area (Å²) in [6.45, 7) is 2.49. The molecule has 0 aromatic heterocycles. The molecule has 5 nitrogen and oxygen atoms in total. The maximum atomic E-state index is 12.1. The highest BCUT2D eigenvalue weighted by Crippen LogP contribution is 2.34. The van der Waals surface area contributed by atoms with Crippen molar-refractivity contribution in [2.75, 3.05) is 23.4 Å². The Hall–Kier alpha value is -2.79. The zero-order valence-electron chi connectivity index (χ0n) is 13.7. The summed E-state index contributed by atoms with van der Waals surface area (Å²) in [6.07, 6.45) is 3.16. The predicted octanol–water partition coefficient (Wildman–Crippen LogP) is 3.74. The van der Waals surface area contributed by atoms with Crippen LogP contribution >= 0.6 is 11.6 Å². The minimum atomic E-state index is -0.255. The monoisotopic (exact) mass is 356 g/mol. The topological polar surface area (TPSA) is 58.6 Å². The third-order valence-corrected chi connectivity index (χ3v) is 4.04. The van der Waals surface area contributed by atoms with E-state index in [2.05, 4.69) is 5.32 Å². The number of nitrogens with zero attached hydrogens (tertiary/aromatic N) is 1. The van der Waals surface area contributed by atoms with E-state index in [1.54, 1.807) is 41.3 Å². The molecule has 0 saturated heterocycles. The highest BCUT2D eigenvalue weighted by molar-refractivity contribution is 6.30. The van der Waals surface area contributed by atoms with Crippen LogP contribution in [0.1, 0.15) is 12.5 Å². The van der Waals surface area contributed by atoms with Crippen LogP contribution in [-0.2, 0) is 9.59 Å². The van der Waals surface area contributed by atoms with E-state index in [0.29, 0.717) is 28.7 Å². The summed E-state index contributed by atoms with van der Waals surface area (Å²) >= 11 is 5.83. The Morgan fingerprint density at radius 3 is 2.76 bits per heavy atom. The second-order valence-electron chi connectivity index (χ2n) is 5.48. The summed E-state index contributed by atoms with van der Waals surface area (Å²) in [5.41, 5.74) is 2.20. The fourth-order valence-electron chi connectivity index (χ4n) is 2.56. The van der Waals surface area contributed by atoms with Gasteiger partial charge in [-0.3, -0.25) is 9.59 Å². The molecule has 0 atom stereocenters. The quantitative estimate of drug-likeness (QED) is 0.849. The maximum absolute atomic E-state index is 12.1. The van der Waals surface area contributed by atoms with Gasteiger partial charge in [0.1, 0.15) is 5.75 Å². The van der Waals surface area contributed by atoms with Gasteiger partial charge in [-0.1, -0.05) is 23.7 Å². The largest absolute Gasteiger partial charge is 0.481 e. The van der Waals surface area contributed by atoms with Crippen LogP contribution in [0.4, 0.5) is 11.4 Å². The first-order valence-corrected chi connectivity index (χ1v) is 8.26. The minimum Gasteiger partial charge on any atom is -0.481 e. The van der Waals surface area contributed by atoms with E-state index in [1.165, 1.54) is 6.08 Å². The normalized spacial score (nSPS) is 13.5. The first-order valence-electron chi connectivity index (χ1n) is 7.88. The van der Waals surface area contributed by atoms with Crippen LogP contribution < -0.4 is 15.0 Å². The van der Waals surface area contributed by atoms with Crippen LogP contribution in [-0.4, -0.2) is 25.0 Å². The van der Waals surface area contributed by atoms with Gasteiger partial charge < -0.3 is 15.0 Å². The molecule has 2 aromatic carbocycles. The van der Waals surface area contributed by atoms with Crippen molar-refractivity contribution in [1.29, 1.82) is 0 Å². The summed E-state index contributed by atoms with van der Waals surface area (Å²) in [7, 11) is 0. The average molecular weight is 357 g/mol. The number of hydrogen-bond acceptors (Lipinski definition) is 3. The molecule has 6 heteroatoms. The predicted molar refractivity (Wildman–Crippen MR) is 99.1 cm³/mol. The molecule has 2 amide bonds. The van der Waals surface area contributed by atoms with Crippen LogP contribution in [0, 0.1) is 0 Å². The molecule has 0 unspecified atom stereocenters. The second kappa shape index (κ2) is 7.40. The fraction of sp³-hybridized carbons (Fsp3) is 0.158. The lowest BCUT2D eigenvalue weighted by Gasteiger charge is -2.28. The van der Waals surface area contributed by atoms with Crippen molar-refractivity contribution in [3.8, 4) is 5.75 Å². The molecular weight excluding hydrogens is 340 g/mol. The maximum Gasteiger partial charge on any atom is 0.265 e. The lowest BCUT2D eigenvalue weighted by Crippen LogP contribution is -2.38. The van der Waals surface area contributed by atoms with E-state index in [-0.39, 0.29) is 18.4 Å². The molecule has 0 bridgehead atoms. The van der Waals surface area contributed by atoms with Crippen molar-refractivity contribution in [2.24, 2.45) is 0 Å². The Kier molecular flexibility index (Phi) is 5.05. The minimum absolute atomic E-state index is 0.00864. The molecule has 1 heterocycles. The number of halogens is 1. The lowest BCUT2D eigenvalue weighted by molar-refractivity contribution is -0.121. The van der Waals surface area contributed by atoms with E-state index in [9.17, 15) is 9.59 Å². The Bertz CT molecular complexity index is 831. The van der Waals surface area contributed by atoms with Gasteiger partial charge in [0.15, 0.2) is 6.61 Å². The molecule has 0 aliphatic carbocycles. The standard InChI is InChI=1S/C19H17ClN2O3/c1-2-22-16-9-8-15(11-17(16)25-12-19(22)24)21-18(23)10-5-13-3-6-14(20)7-4-13/h3-11H,2,12H2,1H3,(H,21,23)/b10-5+. The third-order valence-electron chi connectivity index (χ3n) is 3.78. The van der Waals surface area contributed by atoms with Crippen LogP contribution in [0.25, 0.3) is 6.08 Å². The number of carbonyl (C=O) groups excluding carboxylic acids is 2. The van der Waals surface area contributed by atoms with E-state index in [4.69, 9.17) is 16.3 Å². The van der Waals surface area contributed by atoms with Crippen LogP contribution in [0.15, 0.2) is 48.5 Å². The van der Waals surface area contributed by atoms with Gasteiger partial charge in [-0.05, 0) is 42.8 Å². The smallest absolute Gasteiger partial charge is 0.265 e. The van der Waals surface area contributed by atoms with Crippen molar-refractivity contribution in [1.82, 2.24) is 0 Å². The molecule has 0 radical (unpaired) electrons. The Balaban J connectivity index is 1.70. The number of hydrogen-bond donors (Lipinski definition) is 1. The van der Waals surface area contributed by atoms with E-state index >= 15 is 0 Å². The zero-order valence-corrected chi connectivity index (χ0v) is 14.4. The van der Waals surface area contributed by atoms with E-state index in [1.807, 2.05) is 19.1 Å².